The topological polar surface area (TPSA) is 70.1 Å². The minimum atomic E-state index is -1.08. The van der Waals surface area contributed by atoms with Crippen molar-refractivity contribution < 1.29 is 9.50 Å². The van der Waals surface area contributed by atoms with Gasteiger partial charge in [0.15, 0.2) is 6.23 Å². The number of nitrogens with one attached hydrogen (secondary N) is 2. The zero-order chi connectivity index (χ0) is 17.6. The summed E-state index contributed by atoms with van der Waals surface area (Å²) in [5.41, 5.74) is 1.97. The Bertz CT molecular complexity index is 847. The molecule has 0 amide bonds. The second-order valence-corrected chi connectivity index (χ2v) is 5.73. The van der Waals surface area contributed by atoms with Gasteiger partial charge in [-0.2, -0.15) is 0 Å². The molecule has 25 heavy (non-hydrogen) atoms. The Morgan fingerprint density at radius 2 is 1.92 bits per heavy atom. The molecule has 0 saturated carbocycles. The highest BCUT2D eigenvalue weighted by Gasteiger charge is 2.14. The van der Waals surface area contributed by atoms with Crippen molar-refractivity contribution in [1.82, 2.24) is 9.97 Å². The molecule has 3 N–H and O–H groups in total. The average Bonchev–Trinajstić information content (AvgIpc) is 2.61. The highest BCUT2D eigenvalue weighted by Crippen LogP contribution is 2.25. The van der Waals surface area contributed by atoms with Crippen molar-refractivity contribution in [2.24, 2.45) is 0 Å². The smallest absolute Gasteiger partial charge is 0.154 e. The Balaban J connectivity index is 1.78. The lowest BCUT2D eigenvalue weighted by atomic mass is 10.2. The summed E-state index contributed by atoms with van der Waals surface area (Å²) >= 11 is 5.97. The van der Waals surface area contributed by atoms with Gasteiger partial charge in [0.1, 0.15) is 16.8 Å². The molecule has 1 atom stereocenters. The molecule has 3 rings (SSSR count). The molecule has 0 aliphatic carbocycles. The summed E-state index contributed by atoms with van der Waals surface area (Å²) in [4.78, 5) is 8.20. The lowest BCUT2D eigenvalue weighted by Gasteiger charge is -2.18. The molecule has 2 aromatic heterocycles. The fourth-order valence-electron chi connectivity index (χ4n) is 2.31. The molecule has 0 aliphatic heterocycles. The van der Waals surface area contributed by atoms with Gasteiger partial charge in [-0.05, 0) is 48.0 Å². The van der Waals surface area contributed by atoms with E-state index in [1.165, 1.54) is 12.1 Å². The van der Waals surface area contributed by atoms with Crippen LogP contribution >= 0.6 is 11.6 Å². The van der Waals surface area contributed by atoms with Crippen LogP contribution in [-0.4, -0.2) is 15.1 Å². The van der Waals surface area contributed by atoms with E-state index in [2.05, 4.69) is 20.6 Å². The Kier molecular flexibility index (Phi) is 5.42. The molecule has 3 aromatic rings. The molecule has 128 valence electrons. The second kappa shape index (κ2) is 7.92. The first kappa shape index (κ1) is 17.1. The van der Waals surface area contributed by atoms with Crippen molar-refractivity contribution in [1.29, 1.82) is 0 Å². The highest BCUT2D eigenvalue weighted by molar-refractivity contribution is 6.29. The maximum atomic E-state index is 13.3. The van der Waals surface area contributed by atoms with Crippen LogP contribution in [0.3, 0.4) is 0 Å². The Hall–Kier alpha value is -2.70. The number of aliphatic hydroxyl groups is 1. The summed E-state index contributed by atoms with van der Waals surface area (Å²) in [5.74, 6) is 0.0585. The Morgan fingerprint density at radius 3 is 2.68 bits per heavy atom. The van der Waals surface area contributed by atoms with Gasteiger partial charge in [0.2, 0.25) is 0 Å². The highest BCUT2D eigenvalue weighted by atomic mass is 35.5. The number of aromatic nitrogens is 2. The summed E-state index contributed by atoms with van der Waals surface area (Å²) in [5, 5.41) is 16.8. The standard InChI is InChI=1S/C18H16ClFN4O/c19-16-5-4-15(18(25)23-14-3-1-2-13(20)10-14)17(24-16)22-11-12-6-8-21-9-7-12/h1-10,18,23,25H,11H2,(H,22,24). The number of benzene rings is 1. The van der Waals surface area contributed by atoms with E-state index in [1.807, 2.05) is 12.1 Å². The quantitative estimate of drug-likeness (QED) is 0.459. The van der Waals surface area contributed by atoms with Gasteiger partial charge in [0.25, 0.3) is 0 Å². The largest absolute Gasteiger partial charge is 0.369 e. The first-order chi connectivity index (χ1) is 12.1. The fraction of sp³-hybridized carbons (Fsp3) is 0.111. The van der Waals surface area contributed by atoms with Crippen LogP contribution in [0.1, 0.15) is 17.4 Å². The molecular weight excluding hydrogens is 343 g/mol. The number of halogens is 2. The van der Waals surface area contributed by atoms with Gasteiger partial charge in [0, 0.05) is 30.2 Å². The summed E-state index contributed by atoms with van der Waals surface area (Å²) in [6, 6.07) is 12.9. The van der Waals surface area contributed by atoms with Crippen molar-refractivity contribution in [3.63, 3.8) is 0 Å². The zero-order valence-corrected chi connectivity index (χ0v) is 13.9. The second-order valence-electron chi connectivity index (χ2n) is 5.34. The maximum absolute atomic E-state index is 13.3. The van der Waals surface area contributed by atoms with Gasteiger partial charge in [-0.15, -0.1) is 0 Å². The van der Waals surface area contributed by atoms with Crippen LogP contribution in [0.4, 0.5) is 15.9 Å². The van der Waals surface area contributed by atoms with Crippen molar-refractivity contribution >= 4 is 23.1 Å². The van der Waals surface area contributed by atoms with E-state index in [4.69, 9.17) is 11.6 Å². The zero-order valence-electron chi connectivity index (χ0n) is 13.2. The average molecular weight is 359 g/mol. The van der Waals surface area contributed by atoms with Gasteiger partial charge in [0.05, 0.1) is 0 Å². The summed E-state index contributed by atoms with van der Waals surface area (Å²) < 4.78 is 13.3. The van der Waals surface area contributed by atoms with Gasteiger partial charge in [-0.3, -0.25) is 4.98 Å². The van der Waals surface area contributed by atoms with Crippen LogP contribution in [-0.2, 0) is 6.54 Å². The Morgan fingerprint density at radius 1 is 1.12 bits per heavy atom. The predicted octanol–water partition coefficient (Wildman–Crippen LogP) is 3.98. The third kappa shape index (κ3) is 4.65. The van der Waals surface area contributed by atoms with E-state index in [-0.39, 0.29) is 5.82 Å². The lowest BCUT2D eigenvalue weighted by Crippen LogP contribution is -2.14. The van der Waals surface area contributed by atoms with E-state index in [0.29, 0.717) is 28.8 Å². The van der Waals surface area contributed by atoms with E-state index in [9.17, 15) is 9.50 Å². The molecule has 0 saturated heterocycles. The molecule has 0 radical (unpaired) electrons. The normalized spacial score (nSPS) is 11.8. The predicted molar refractivity (Wildman–Crippen MR) is 95.8 cm³/mol. The molecule has 1 aromatic carbocycles. The summed E-state index contributed by atoms with van der Waals surface area (Å²) in [6.07, 6.45) is 2.32. The first-order valence-corrected chi connectivity index (χ1v) is 7.99. The Labute approximate surface area is 149 Å². The monoisotopic (exact) mass is 358 g/mol. The van der Waals surface area contributed by atoms with Crippen molar-refractivity contribution in [3.8, 4) is 0 Å². The molecule has 0 bridgehead atoms. The van der Waals surface area contributed by atoms with Gasteiger partial charge in [-0.25, -0.2) is 9.37 Å². The third-order valence-corrected chi connectivity index (χ3v) is 3.73. The number of hydrogen-bond donors (Lipinski definition) is 3. The molecule has 0 spiro atoms. The number of pyridine rings is 2. The molecule has 2 heterocycles. The van der Waals surface area contributed by atoms with Crippen LogP contribution < -0.4 is 10.6 Å². The molecule has 1 unspecified atom stereocenters. The van der Waals surface area contributed by atoms with Crippen molar-refractivity contribution in [2.75, 3.05) is 10.6 Å². The molecule has 0 fully saturated rings. The molecule has 7 heteroatoms. The van der Waals surface area contributed by atoms with Gasteiger partial charge >= 0.3 is 0 Å². The summed E-state index contributed by atoms with van der Waals surface area (Å²) in [6.45, 7) is 0.496. The van der Waals surface area contributed by atoms with Crippen LogP contribution in [0, 0.1) is 5.82 Å². The van der Waals surface area contributed by atoms with Crippen LogP contribution in [0.25, 0.3) is 0 Å². The summed E-state index contributed by atoms with van der Waals surface area (Å²) in [7, 11) is 0. The number of anilines is 2. The molecule has 5 nitrogen and oxygen atoms in total. The number of nitrogens with zero attached hydrogens (tertiary/aromatic N) is 2. The van der Waals surface area contributed by atoms with E-state index in [0.717, 1.165) is 5.56 Å². The van der Waals surface area contributed by atoms with Crippen LogP contribution in [0.2, 0.25) is 5.15 Å². The maximum Gasteiger partial charge on any atom is 0.154 e. The van der Waals surface area contributed by atoms with E-state index >= 15 is 0 Å². The van der Waals surface area contributed by atoms with Gasteiger partial charge in [-0.1, -0.05) is 17.7 Å². The minimum absolute atomic E-state index is 0.305. The first-order valence-electron chi connectivity index (χ1n) is 7.61. The molecular formula is C18H16ClFN4O. The fourth-order valence-corrected chi connectivity index (χ4v) is 2.46. The molecule has 0 aliphatic rings. The number of hydrogen-bond acceptors (Lipinski definition) is 5. The van der Waals surface area contributed by atoms with E-state index < -0.39 is 6.23 Å². The third-order valence-electron chi connectivity index (χ3n) is 3.52. The number of rotatable bonds is 6. The lowest BCUT2D eigenvalue weighted by molar-refractivity contribution is 0.208. The minimum Gasteiger partial charge on any atom is -0.369 e. The van der Waals surface area contributed by atoms with E-state index in [1.54, 1.807) is 36.7 Å². The van der Waals surface area contributed by atoms with Crippen LogP contribution in [0.15, 0.2) is 60.9 Å². The number of aliphatic hydroxyl groups excluding tert-OH is 1. The van der Waals surface area contributed by atoms with Crippen molar-refractivity contribution in [3.05, 3.63) is 83.0 Å². The van der Waals surface area contributed by atoms with Crippen LogP contribution in [0.5, 0.6) is 0 Å². The van der Waals surface area contributed by atoms with Crippen molar-refractivity contribution in [2.45, 2.75) is 12.8 Å². The van der Waals surface area contributed by atoms with Gasteiger partial charge < -0.3 is 15.7 Å². The SMILES string of the molecule is OC(Nc1cccc(F)c1)c1ccc(Cl)nc1NCc1ccncc1.